The molecule has 1 nitrogen and oxygen atoms in total. The Kier molecular flexibility index (Phi) is 22.2. The van der Waals surface area contributed by atoms with Crippen molar-refractivity contribution in [2.75, 3.05) is 12.4 Å². The maximum absolute atomic E-state index is 4.68. The molecule has 0 aromatic heterocycles. The van der Waals surface area contributed by atoms with Crippen molar-refractivity contribution in [3.63, 3.8) is 0 Å². The van der Waals surface area contributed by atoms with Crippen LogP contribution in [0.15, 0.2) is 0 Å². The minimum Gasteiger partial charge on any atom is -0.428 e. The minimum atomic E-state index is 0.881. The quantitative estimate of drug-likeness (QED) is 0.451. The Morgan fingerprint density at radius 1 is 1.50 bits per heavy atom. The van der Waals surface area contributed by atoms with Gasteiger partial charge < -0.3 is 4.43 Å². The van der Waals surface area contributed by atoms with Crippen molar-refractivity contribution >= 4 is 23.1 Å². The monoisotopic (exact) mass is 152 g/mol. The van der Waals surface area contributed by atoms with Crippen LogP contribution in [0.1, 0.15) is 20.3 Å². The lowest BCUT2D eigenvalue weighted by molar-refractivity contribution is 0.375. The van der Waals surface area contributed by atoms with E-state index in [4.69, 9.17) is 0 Å². The summed E-state index contributed by atoms with van der Waals surface area (Å²) in [6.07, 6.45) is 1.18. The summed E-state index contributed by atoms with van der Waals surface area (Å²) in [5, 5.41) is 0. The SMILES string of the molecule is CCCS.CCO[SiH3]. The van der Waals surface area contributed by atoms with E-state index in [9.17, 15) is 0 Å². The molecule has 0 atom stereocenters. The van der Waals surface area contributed by atoms with Crippen LogP contribution in [0.25, 0.3) is 0 Å². The Labute approximate surface area is 60.8 Å². The number of thiol groups is 1. The molecule has 0 N–H and O–H groups in total. The Bertz CT molecular complexity index is 20.4. The molecule has 0 unspecified atom stereocenters. The van der Waals surface area contributed by atoms with E-state index in [0.717, 1.165) is 22.8 Å². The molecule has 0 spiro atoms. The highest BCUT2D eigenvalue weighted by molar-refractivity contribution is 7.80. The molecule has 0 saturated heterocycles. The van der Waals surface area contributed by atoms with Crippen LogP contribution in [0.3, 0.4) is 0 Å². The lowest BCUT2D eigenvalue weighted by Crippen LogP contribution is -1.76. The molecule has 0 aliphatic carbocycles. The summed E-state index contributed by atoms with van der Waals surface area (Å²) in [5.74, 6) is 1.01. The lowest BCUT2D eigenvalue weighted by atomic mass is 10.6. The summed E-state index contributed by atoms with van der Waals surface area (Å²) in [7, 11) is 0.890. The smallest absolute Gasteiger partial charge is 0.145 e. The van der Waals surface area contributed by atoms with Crippen LogP contribution in [-0.4, -0.2) is 22.8 Å². The van der Waals surface area contributed by atoms with Crippen LogP contribution in [0.5, 0.6) is 0 Å². The molecule has 52 valence electrons. The number of hydrogen-bond acceptors (Lipinski definition) is 2. The highest BCUT2D eigenvalue weighted by Crippen LogP contribution is 1.74. The molecule has 0 radical (unpaired) electrons. The first-order chi connectivity index (χ1) is 3.83. The van der Waals surface area contributed by atoms with Crippen LogP contribution < -0.4 is 0 Å². The van der Waals surface area contributed by atoms with Gasteiger partial charge in [-0.15, -0.1) is 0 Å². The van der Waals surface area contributed by atoms with Gasteiger partial charge in [-0.2, -0.15) is 12.6 Å². The van der Waals surface area contributed by atoms with Crippen molar-refractivity contribution in [2.45, 2.75) is 20.3 Å². The van der Waals surface area contributed by atoms with Crippen LogP contribution in [0.4, 0.5) is 0 Å². The fraction of sp³-hybridized carbons (Fsp3) is 1.00. The van der Waals surface area contributed by atoms with E-state index in [0.29, 0.717) is 0 Å². The standard InChI is InChI=1S/C3H8S.C2H8OSi/c2*1-2-3-4/h4H,2-3H2,1H3;2H2,1,4H3. The lowest BCUT2D eigenvalue weighted by Gasteiger charge is -1.77. The summed E-state index contributed by atoms with van der Waals surface area (Å²) in [6, 6.07) is 0. The Hall–Kier alpha value is 0.527. The molecule has 0 aliphatic rings. The van der Waals surface area contributed by atoms with Crippen molar-refractivity contribution in [3.8, 4) is 0 Å². The predicted octanol–water partition coefficient (Wildman–Crippen LogP) is 0.629. The average molecular weight is 152 g/mol. The molecule has 0 fully saturated rings. The van der Waals surface area contributed by atoms with Crippen LogP contribution in [0.2, 0.25) is 0 Å². The van der Waals surface area contributed by atoms with Crippen molar-refractivity contribution in [3.05, 3.63) is 0 Å². The van der Waals surface area contributed by atoms with E-state index >= 15 is 0 Å². The molecule has 3 heteroatoms. The number of hydrogen-bond donors (Lipinski definition) is 1. The molecule has 0 saturated carbocycles. The summed E-state index contributed by atoms with van der Waals surface area (Å²) in [6.45, 7) is 4.98. The fourth-order valence-electron chi connectivity index (χ4n) is 0. The van der Waals surface area contributed by atoms with Gasteiger partial charge in [0.05, 0.1) is 0 Å². The molecule has 0 heterocycles. The minimum absolute atomic E-state index is 0.881. The van der Waals surface area contributed by atoms with Gasteiger partial charge in [0.15, 0.2) is 0 Å². The topological polar surface area (TPSA) is 9.23 Å². The van der Waals surface area contributed by atoms with Gasteiger partial charge in [-0.1, -0.05) is 6.92 Å². The van der Waals surface area contributed by atoms with Gasteiger partial charge in [-0.05, 0) is 19.1 Å². The van der Waals surface area contributed by atoms with E-state index in [-0.39, 0.29) is 0 Å². The van der Waals surface area contributed by atoms with Crippen LogP contribution in [-0.2, 0) is 4.43 Å². The number of rotatable bonds is 2. The third-order valence-electron chi connectivity index (χ3n) is 0.512. The zero-order valence-electron chi connectivity index (χ0n) is 5.98. The largest absolute Gasteiger partial charge is 0.428 e. The molecule has 0 aromatic carbocycles. The maximum atomic E-state index is 4.68. The van der Waals surface area contributed by atoms with Gasteiger partial charge in [0, 0.05) is 6.61 Å². The van der Waals surface area contributed by atoms with Gasteiger partial charge in [-0.25, -0.2) is 0 Å². The summed E-state index contributed by atoms with van der Waals surface area (Å²) < 4.78 is 4.68. The second kappa shape index (κ2) is 15.6. The van der Waals surface area contributed by atoms with Crippen molar-refractivity contribution < 1.29 is 4.43 Å². The normalized spacial score (nSPS) is 7.88. The zero-order valence-corrected chi connectivity index (χ0v) is 8.87. The zero-order chi connectivity index (χ0) is 6.83. The molecule has 8 heavy (non-hydrogen) atoms. The van der Waals surface area contributed by atoms with Crippen LogP contribution >= 0.6 is 12.6 Å². The summed E-state index contributed by atoms with van der Waals surface area (Å²) >= 11 is 3.92. The maximum Gasteiger partial charge on any atom is 0.145 e. The molecular weight excluding hydrogens is 136 g/mol. The van der Waals surface area contributed by atoms with Gasteiger partial charge >= 0.3 is 0 Å². The Morgan fingerprint density at radius 2 is 1.75 bits per heavy atom. The highest BCUT2D eigenvalue weighted by atomic mass is 32.1. The van der Waals surface area contributed by atoms with E-state index in [1.165, 1.54) is 6.42 Å². The summed E-state index contributed by atoms with van der Waals surface area (Å²) in [5.41, 5.74) is 0. The third-order valence-corrected chi connectivity index (χ3v) is 1.54. The first kappa shape index (κ1) is 11.3. The second-order valence-corrected chi connectivity index (χ2v) is 2.33. The molecule has 0 aromatic rings. The first-order valence-electron chi connectivity index (χ1n) is 2.93. The fourth-order valence-corrected chi connectivity index (χ4v) is 0. The highest BCUT2D eigenvalue weighted by Gasteiger charge is 1.57. The van der Waals surface area contributed by atoms with Gasteiger partial charge in [-0.3, -0.25) is 0 Å². The van der Waals surface area contributed by atoms with E-state index in [2.05, 4.69) is 24.0 Å². The Morgan fingerprint density at radius 3 is 1.75 bits per heavy atom. The van der Waals surface area contributed by atoms with Gasteiger partial charge in [0.1, 0.15) is 10.5 Å². The van der Waals surface area contributed by atoms with Crippen molar-refractivity contribution in [1.82, 2.24) is 0 Å². The van der Waals surface area contributed by atoms with Crippen LogP contribution in [0, 0.1) is 0 Å². The summed E-state index contributed by atoms with van der Waals surface area (Å²) in [4.78, 5) is 0. The molecular formula is C5H16OSSi. The molecule has 0 bridgehead atoms. The molecule has 0 rings (SSSR count). The van der Waals surface area contributed by atoms with Crippen molar-refractivity contribution in [2.24, 2.45) is 0 Å². The average Bonchev–Trinajstić information content (AvgIpc) is 1.88. The van der Waals surface area contributed by atoms with Crippen molar-refractivity contribution in [1.29, 1.82) is 0 Å². The van der Waals surface area contributed by atoms with Gasteiger partial charge in [0.2, 0.25) is 0 Å². The Balaban J connectivity index is 0. The predicted molar refractivity (Wildman–Crippen MR) is 45.7 cm³/mol. The van der Waals surface area contributed by atoms with E-state index < -0.39 is 0 Å². The molecule has 0 aliphatic heterocycles. The van der Waals surface area contributed by atoms with Gasteiger partial charge in [0.25, 0.3) is 0 Å². The third kappa shape index (κ3) is 31.2. The first-order valence-corrected chi connectivity index (χ1v) is 4.38. The molecule has 0 amide bonds. The second-order valence-electron chi connectivity index (χ2n) is 1.30. The van der Waals surface area contributed by atoms with E-state index in [1.807, 2.05) is 6.92 Å². The van der Waals surface area contributed by atoms with E-state index in [1.54, 1.807) is 0 Å².